The second-order valence-corrected chi connectivity index (χ2v) is 4.31. The van der Waals surface area contributed by atoms with Crippen molar-refractivity contribution < 1.29 is 0 Å². The Morgan fingerprint density at radius 3 is 2.73 bits per heavy atom. The first-order chi connectivity index (χ1) is 7.35. The molecule has 84 valence electrons. The molecule has 0 aliphatic heterocycles. The lowest BCUT2D eigenvalue weighted by atomic mass is 10.1. The molecule has 1 aliphatic rings. The summed E-state index contributed by atoms with van der Waals surface area (Å²) in [7, 11) is 0. The van der Waals surface area contributed by atoms with Gasteiger partial charge in [0.05, 0.1) is 5.69 Å². The quantitative estimate of drug-likeness (QED) is 0.747. The molecule has 1 heterocycles. The molecule has 0 spiro atoms. The molecule has 0 radical (unpaired) electrons. The smallest absolute Gasteiger partial charge is 0.0654 e. The highest BCUT2D eigenvalue weighted by Gasteiger charge is 2.20. The van der Waals surface area contributed by atoms with Gasteiger partial charge in [0.15, 0.2) is 0 Å². The summed E-state index contributed by atoms with van der Waals surface area (Å²) in [5.74, 6) is 0. The second kappa shape index (κ2) is 4.79. The first kappa shape index (κ1) is 10.7. The molecule has 0 saturated heterocycles. The summed E-state index contributed by atoms with van der Waals surface area (Å²) in [5, 5.41) is 11.1. The van der Waals surface area contributed by atoms with E-state index in [2.05, 4.69) is 29.4 Å². The standard InChI is InChI=1S/C12H21N3/c1-3-11-10(12(4-2)15-14-11)7-8-13-9-5-6-9/h9,13H,3-8H2,1-2H3,(H,14,15). The molecular weight excluding hydrogens is 186 g/mol. The zero-order valence-electron chi connectivity index (χ0n) is 9.77. The molecule has 1 aromatic heterocycles. The predicted molar refractivity (Wildman–Crippen MR) is 62.1 cm³/mol. The van der Waals surface area contributed by atoms with E-state index in [0.717, 1.165) is 31.8 Å². The van der Waals surface area contributed by atoms with E-state index >= 15 is 0 Å². The number of hydrogen-bond acceptors (Lipinski definition) is 2. The van der Waals surface area contributed by atoms with Gasteiger partial charge in [0.2, 0.25) is 0 Å². The van der Waals surface area contributed by atoms with E-state index in [-0.39, 0.29) is 0 Å². The van der Waals surface area contributed by atoms with Gasteiger partial charge in [-0.15, -0.1) is 0 Å². The summed E-state index contributed by atoms with van der Waals surface area (Å²) in [4.78, 5) is 0. The molecule has 0 aromatic carbocycles. The number of nitrogens with one attached hydrogen (secondary N) is 2. The monoisotopic (exact) mass is 207 g/mol. The summed E-state index contributed by atoms with van der Waals surface area (Å²) >= 11 is 0. The maximum atomic E-state index is 4.37. The molecule has 15 heavy (non-hydrogen) atoms. The molecule has 1 aliphatic carbocycles. The molecule has 1 saturated carbocycles. The molecule has 2 rings (SSSR count). The van der Waals surface area contributed by atoms with Gasteiger partial charge in [-0.2, -0.15) is 5.10 Å². The van der Waals surface area contributed by atoms with Crippen LogP contribution in [0.1, 0.15) is 43.6 Å². The number of nitrogens with zero attached hydrogens (tertiary/aromatic N) is 1. The number of aromatic amines is 1. The minimum absolute atomic E-state index is 0.812. The highest BCUT2D eigenvalue weighted by molar-refractivity contribution is 5.25. The summed E-state index contributed by atoms with van der Waals surface area (Å²) in [6, 6.07) is 0.812. The van der Waals surface area contributed by atoms with E-state index in [4.69, 9.17) is 0 Å². The van der Waals surface area contributed by atoms with Crippen molar-refractivity contribution in [1.82, 2.24) is 15.5 Å². The van der Waals surface area contributed by atoms with Crippen LogP contribution in [0.2, 0.25) is 0 Å². The Bertz CT molecular complexity index is 291. The third-order valence-corrected chi connectivity index (χ3v) is 3.11. The van der Waals surface area contributed by atoms with Crippen molar-refractivity contribution in [2.45, 2.75) is 52.0 Å². The first-order valence-electron chi connectivity index (χ1n) is 6.13. The Kier molecular flexibility index (Phi) is 3.41. The lowest BCUT2D eigenvalue weighted by molar-refractivity contribution is 0.677. The predicted octanol–water partition coefficient (Wildman–Crippen LogP) is 1.83. The number of aryl methyl sites for hydroxylation is 2. The maximum Gasteiger partial charge on any atom is 0.0654 e. The van der Waals surface area contributed by atoms with Crippen molar-refractivity contribution in [3.05, 3.63) is 17.0 Å². The van der Waals surface area contributed by atoms with Crippen LogP contribution in [0, 0.1) is 0 Å². The van der Waals surface area contributed by atoms with E-state index in [1.165, 1.54) is 29.8 Å². The fourth-order valence-corrected chi connectivity index (χ4v) is 2.01. The zero-order chi connectivity index (χ0) is 10.7. The Hall–Kier alpha value is -0.830. The SMILES string of the molecule is CCc1n[nH]c(CC)c1CCNC1CC1. The van der Waals surface area contributed by atoms with Crippen molar-refractivity contribution in [2.24, 2.45) is 0 Å². The zero-order valence-corrected chi connectivity index (χ0v) is 9.77. The van der Waals surface area contributed by atoms with Crippen LogP contribution in [0.5, 0.6) is 0 Å². The molecule has 0 bridgehead atoms. The van der Waals surface area contributed by atoms with E-state index in [1.54, 1.807) is 0 Å². The van der Waals surface area contributed by atoms with Crippen molar-refractivity contribution in [2.75, 3.05) is 6.54 Å². The van der Waals surface area contributed by atoms with E-state index < -0.39 is 0 Å². The number of aromatic nitrogens is 2. The van der Waals surface area contributed by atoms with Gasteiger partial charge in [0, 0.05) is 11.7 Å². The average Bonchev–Trinajstić information content (AvgIpc) is 2.98. The topological polar surface area (TPSA) is 40.7 Å². The first-order valence-corrected chi connectivity index (χ1v) is 6.13. The average molecular weight is 207 g/mol. The van der Waals surface area contributed by atoms with Crippen LogP contribution in [0.25, 0.3) is 0 Å². The van der Waals surface area contributed by atoms with Crippen LogP contribution in [0.3, 0.4) is 0 Å². The summed E-state index contributed by atoms with van der Waals surface area (Å²) < 4.78 is 0. The van der Waals surface area contributed by atoms with Crippen LogP contribution in [0.4, 0.5) is 0 Å². The second-order valence-electron chi connectivity index (χ2n) is 4.31. The van der Waals surface area contributed by atoms with Gasteiger partial charge in [-0.05, 0) is 44.2 Å². The molecular formula is C12H21N3. The number of hydrogen-bond donors (Lipinski definition) is 2. The van der Waals surface area contributed by atoms with Crippen LogP contribution in [-0.2, 0) is 19.3 Å². The molecule has 0 unspecified atom stereocenters. The normalized spacial score (nSPS) is 15.9. The van der Waals surface area contributed by atoms with Gasteiger partial charge >= 0.3 is 0 Å². The van der Waals surface area contributed by atoms with Crippen molar-refractivity contribution in [1.29, 1.82) is 0 Å². The van der Waals surface area contributed by atoms with Crippen molar-refractivity contribution in [3.63, 3.8) is 0 Å². The van der Waals surface area contributed by atoms with E-state index in [0.29, 0.717) is 0 Å². The van der Waals surface area contributed by atoms with Crippen LogP contribution in [-0.4, -0.2) is 22.8 Å². The van der Waals surface area contributed by atoms with Crippen molar-refractivity contribution in [3.8, 4) is 0 Å². The fraction of sp³-hybridized carbons (Fsp3) is 0.750. The van der Waals surface area contributed by atoms with Gasteiger partial charge < -0.3 is 5.32 Å². The summed E-state index contributed by atoms with van der Waals surface area (Å²) in [5.41, 5.74) is 4.03. The maximum absolute atomic E-state index is 4.37. The Morgan fingerprint density at radius 2 is 2.13 bits per heavy atom. The summed E-state index contributed by atoms with van der Waals surface area (Å²) in [6.45, 7) is 5.46. The largest absolute Gasteiger partial charge is 0.314 e. The molecule has 0 amide bonds. The lowest BCUT2D eigenvalue weighted by Gasteiger charge is -2.04. The summed E-state index contributed by atoms with van der Waals surface area (Å²) in [6.07, 6.45) is 5.96. The van der Waals surface area contributed by atoms with Gasteiger partial charge in [0.25, 0.3) is 0 Å². The Morgan fingerprint density at radius 1 is 1.33 bits per heavy atom. The van der Waals surface area contributed by atoms with Crippen LogP contribution in [0.15, 0.2) is 0 Å². The van der Waals surface area contributed by atoms with Gasteiger partial charge in [-0.25, -0.2) is 0 Å². The highest BCUT2D eigenvalue weighted by Crippen LogP contribution is 2.19. The minimum atomic E-state index is 0.812. The van der Waals surface area contributed by atoms with E-state index in [9.17, 15) is 0 Å². The molecule has 3 nitrogen and oxygen atoms in total. The number of H-pyrrole nitrogens is 1. The Balaban J connectivity index is 1.93. The molecule has 2 N–H and O–H groups in total. The minimum Gasteiger partial charge on any atom is -0.314 e. The molecule has 1 fully saturated rings. The molecule has 1 aromatic rings. The third kappa shape index (κ3) is 2.59. The lowest BCUT2D eigenvalue weighted by Crippen LogP contribution is -2.19. The van der Waals surface area contributed by atoms with E-state index in [1.807, 2.05) is 0 Å². The van der Waals surface area contributed by atoms with Crippen molar-refractivity contribution >= 4 is 0 Å². The highest BCUT2D eigenvalue weighted by atomic mass is 15.1. The Labute approximate surface area is 91.7 Å². The van der Waals surface area contributed by atoms with Crippen LogP contribution < -0.4 is 5.32 Å². The van der Waals surface area contributed by atoms with Crippen LogP contribution >= 0.6 is 0 Å². The number of rotatable bonds is 6. The third-order valence-electron chi connectivity index (χ3n) is 3.11. The fourth-order valence-electron chi connectivity index (χ4n) is 2.01. The molecule has 3 heteroatoms. The van der Waals surface area contributed by atoms with Gasteiger partial charge in [0.1, 0.15) is 0 Å². The van der Waals surface area contributed by atoms with Gasteiger partial charge in [-0.3, -0.25) is 5.10 Å². The van der Waals surface area contributed by atoms with Gasteiger partial charge in [-0.1, -0.05) is 13.8 Å². The molecule has 0 atom stereocenters.